The van der Waals surface area contributed by atoms with E-state index in [2.05, 4.69) is 20.7 Å². The predicted molar refractivity (Wildman–Crippen MR) is 118 cm³/mol. The van der Waals surface area contributed by atoms with Crippen molar-refractivity contribution in [2.75, 3.05) is 25.1 Å². The number of ether oxygens (including phenoxy) is 3. The number of halogens is 3. The van der Waals surface area contributed by atoms with E-state index >= 15 is 0 Å². The Kier molecular flexibility index (Phi) is 9.26. The first-order valence-corrected chi connectivity index (χ1v) is 11.6. The lowest BCUT2D eigenvalue weighted by Gasteiger charge is -2.24. The Balaban J connectivity index is 1.48. The topological polar surface area (TPSA) is 97.9 Å². The molecule has 1 heterocycles. The van der Waals surface area contributed by atoms with Crippen molar-refractivity contribution in [3.63, 3.8) is 0 Å². The van der Waals surface area contributed by atoms with Crippen molar-refractivity contribution in [2.45, 2.75) is 70.0 Å². The number of benzene rings is 1. The third-order valence-corrected chi connectivity index (χ3v) is 5.90. The minimum absolute atomic E-state index is 0.297. The van der Waals surface area contributed by atoms with Gasteiger partial charge in [-0.1, -0.05) is 25.7 Å². The van der Waals surface area contributed by atoms with Crippen LogP contribution in [0.25, 0.3) is 0 Å². The minimum atomic E-state index is -4.74. The molecule has 3 atom stereocenters. The Morgan fingerprint density at radius 3 is 2.44 bits per heavy atom. The molecular formula is C23H32F3N3O5. The number of alkyl halides is 3. The zero-order valence-electron chi connectivity index (χ0n) is 19.2. The lowest BCUT2D eigenvalue weighted by molar-refractivity contribution is -0.274. The fraction of sp³-hybridized carbons (Fsp3) is 0.652. The zero-order valence-corrected chi connectivity index (χ0v) is 19.2. The third-order valence-electron chi connectivity index (χ3n) is 5.90. The molecule has 1 aliphatic carbocycles. The lowest BCUT2D eigenvalue weighted by atomic mass is 9.97. The first kappa shape index (κ1) is 25.9. The maximum Gasteiger partial charge on any atom is 0.573 e. The van der Waals surface area contributed by atoms with Crippen LogP contribution in [0.15, 0.2) is 24.3 Å². The molecule has 1 aromatic carbocycles. The number of alkyl carbamates (subject to hydrolysis) is 1. The number of rotatable bonds is 10. The van der Waals surface area contributed by atoms with Gasteiger partial charge in [0.25, 0.3) is 0 Å². The average Bonchev–Trinajstić information content (AvgIpc) is 3.46. The van der Waals surface area contributed by atoms with Gasteiger partial charge in [-0.15, -0.1) is 13.2 Å². The van der Waals surface area contributed by atoms with Crippen LogP contribution in [0.2, 0.25) is 0 Å². The Hall–Kier alpha value is -2.69. The summed E-state index contributed by atoms with van der Waals surface area (Å²) in [6, 6.07) is 4.33. The standard InChI is InChI=1S/C23H32F3N3O5/c1-15(13-27-17-6-8-18(9-7-17)34-23(24,25)26)28-21(30)20(12-16-4-2-3-5-16)29-22(31)33-19-10-11-32-14-19/h6-9,15-16,19-20,27H,2-5,10-14H2,1H3,(H,28,30)(H,29,31)/t15-,19-,20-/m0/s1. The second-order valence-corrected chi connectivity index (χ2v) is 8.84. The van der Waals surface area contributed by atoms with Gasteiger partial charge in [-0.3, -0.25) is 4.79 Å². The number of amides is 2. The second kappa shape index (κ2) is 12.1. The van der Waals surface area contributed by atoms with Gasteiger partial charge in [0, 0.05) is 24.7 Å². The Bertz CT molecular complexity index is 794. The molecule has 3 N–H and O–H groups in total. The normalized spacial score (nSPS) is 20.4. The lowest BCUT2D eigenvalue weighted by Crippen LogP contribution is -2.51. The van der Waals surface area contributed by atoms with E-state index in [-0.39, 0.29) is 23.8 Å². The van der Waals surface area contributed by atoms with E-state index in [0.29, 0.717) is 44.2 Å². The van der Waals surface area contributed by atoms with Crippen LogP contribution in [0.1, 0.15) is 45.4 Å². The fourth-order valence-corrected chi connectivity index (χ4v) is 4.18. The highest BCUT2D eigenvalue weighted by Gasteiger charge is 2.31. The molecule has 0 unspecified atom stereocenters. The first-order chi connectivity index (χ1) is 16.2. The van der Waals surface area contributed by atoms with Crippen molar-refractivity contribution in [3.05, 3.63) is 24.3 Å². The molecule has 1 aliphatic heterocycles. The highest BCUT2D eigenvalue weighted by atomic mass is 19.4. The molecule has 0 aromatic heterocycles. The maximum atomic E-state index is 12.9. The van der Waals surface area contributed by atoms with Crippen molar-refractivity contribution in [2.24, 2.45) is 5.92 Å². The molecule has 34 heavy (non-hydrogen) atoms. The van der Waals surface area contributed by atoms with Crippen LogP contribution in [-0.4, -0.2) is 56.3 Å². The molecule has 0 spiro atoms. The van der Waals surface area contributed by atoms with E-state index in [1.54, 1.807) is 6.92 Å². The van der Waals surface area contributed by atoms with Gasteiger partial charge in [0.05, 0.1) is 13.2 Å². The van der Waals surface area contributed by atoms with Gasteiger partial charge in [-0.2, -0.15) is 0 Å². The van der Waals surface area contributed by atoms with Crippen LogP contribution in [0, 0.1) is 5.92 Å². The summed E-state index contributed by atoms with van der Waals surface area (Å²) in [7, 11) is 0. The van der Waals surface area contributed by atoms with Crippen molar-refractivity contribution in [1.29, 1.82) is 0 Å². The summed E-state index contributed by atoms with van der Waals surface area (Å²) in [5.74, 6) is -0.234. The summed E-state index contributed by atoms with van der Waals surface area (Å²) in [6.45, 7) is 3.05. The van der Waals surface area contributed by atoms with Crippen LogP contribution in [0.3, 0.4) is 0 Å². The molecule has 1 aromatic rings. The minimum Gasteiger partial charge on any atom is -0.444 e. The predicted octanol–water partition coefficient (Wildman–Crippen LogP) is 3.97. The highest BCUT2D eigenvalue weighted by molar-refractivity contribution is 5.85. The molecular weight excluding hydrogens is 455 g/mol. The van der Waals surface area contributed by atoms with Gasteiger partial charge < -0.3 is 30.2 Å². The molecule has 1 saturated carbocycles. The first-order valence-electron chi connectivity index (χ1n) is 11.6. The molecule has 3 rings (SSSR count). The number of carbonyl (C=O) groups is 2. The molecule has 0 bridgehead atoms. The van der Waals surface area contributed by atoms with Crippen LogP contribution in [0.5, 0.6) is 5.75 Å². The van der Waals surface area contributed by atoms with Crippen molar-refractivity contribution in [3.8, 4) is 5.75 Å². The Morgan fingerprint density at radius 1 is 1.12 bits per heavy atom. The Morgan fingerprint density at radius 2 is 1.82 bits per heavy atom. The maximum absolute atomic E-state index is 12.9. The van der Waals surface area contributed by atoms with Gasteiger partial charge in [0.1, 0.15) is 17.9 Å². The number of hydrogen-bond acceptors (Lipinski definition) is 6. The SMILES string of the molecule is C[C@@H](CNc1ccc(OC(F)(F)F)cc1)NC(=O)[C@H](CC1CCCC1)NC(=O)O[C@H]1CCOC1. The third kappa shape index (κ3) is 8.92. The van der Waals surface area contributed by atoms with Crippen LogP contribution in [0.4, 0.5) is 23.7 Å². The van der Waals surface area contributed by atoms with E-state index in [9.17, 15) is 22.8 Å². The molecule has 2 amide bonds. The summed E-state index contributed by atoms with van der Waals surface area (Å²) in [5, 5.41) is 8.68. The van der Waals surface area contributed by atoms with E-state index in [1.807, 2.05) is 0 Å². The number of nitrogens with one attached hydrogen (secondary N) is 3. The van der Waals surface area contributed by atoms with Crippen LogP contribution < -0.4 is 20.7 Å². The van der Waals surface area contributed by atoms with Gasteiger partial charge in [0.2, 0.25) is 5.91 Å². The summed E-state index contributed by atoms with van der Waals surface area (Å²) in [4.78, 5) is 25.3. The summed E-state index contributed by atoms with van der Waals surface area (Å²) in [6.07, 6.45) is -0.182. The molecule has 2 fully saturated rings. The summed E-state index contributed by atoms with van der Waals surface area (Å²) >= 11 is 0. The van der Waals surface area contributed by atoms with Crippen LogP contribution in [-0.2, 0) is 14.3 Å². The average molecular weight is 488 g/mol. The molecule has 8 nitrogen and oxygen atoms in total. The van der Waals surface area contributed by atoms with E-state index in [0.717, 1.165) is 25.7 Å². The van der Waals surface area contributed by atoms with Gasteiger partial charge in [-0.25, -0.2) is 4.79 Å². The highest BCUT2D eigenvalue weighted by Crippen LogP contribution is 2.29. The number of carbonyl (C=O) groups excluding carboxylic acids is 2. The summed E-state index contributed by atoms with van der Waals surface area (Å²) < 4.78 is 51.2. The van der Waals surface area contributed by atoms with Gasteiger partial charge >= 0.3 is 12.5 Å². The Labute approximate surface area is 196 Å². The molecule has 190 valence electrons. The van der Waals surface area contributed by atoms with E-state index in [1.165, 1.54) is 24.3 Å². The molecule has 2 aliphatic rings. The smallest absolute Gasteiger partial charge is 0.444 e. The zero-order chi connectivity index (χ0) is 24.6. The van der Waals surface area contributed by atoms with E-state index in [4.69, 9.17) is 9.47 Å². The van der Waals surface area contributed by atoms with Crippen molar-refractivity contribution in [1.82, 2.24) is 10.6 Å². The largest absolute Gasteiger partial charge is 0.573 e. The molecule has 1 saturated heterocycles. The monoisotopic (exact) mass is 487 g/mol. The van der Waals surface area contributed by atoms with Gasteiger partial charge in [-0.05, 0) is 43.5 Å². The van der Waals surface area contributed by atoms with Crippen molar-refractivity contribution < 1.29 is 37.0 Å². The number of anilines is 1. The number of hydrogen-bond donors (Lipinski definition) is 3. The van der Waals surface area contributed by atoms with Crippen LogP contribution >= 0.6 is 0 Å². The van der Waals surface area contributed by atoms with Gasteiger partial charge in [0.15, 0.2) is 0 Å². The van der Waals surface area contributed by atoms with Crippen molar-refractivity contribution >= 4 is 17.7 Å². The molecule has 0 radical (unpaired) electrons. The quantitative estimate of drug-likeness (QED) is 0.462. The second-order valence-electron chi connectivity index (χ2n) is 8.84. The molecule has 11 heteroatoms. The van der Waals surface area contributed by atoms with E-state index < -0.39 is 18.5 Å². The summed E-state index contributed by atoms with van der Waals surface area (Å²) in [5.41, 5.74) is 0.582. The fourth-order valence-electron chi connectivity index (χ4n) is 4.18.